The van der Waals surface area contributed by atoms with E-state index in [1.807, 2.05) is 0 Å². The maximum absolute atomic E-state index is 12.6. The van der Waals surface area contributed by atoms with Gasteiger partial charge in [0.05, 0.1) is 12.7 Å². The number of rotatable bonds is 15. The molecule has 0 aromatic heterocycles. The van der Waals surface area contributed by atoms with Gasteiger partial charge in [-0.25, -0.2) is 4.79 Å². The number of carbonyl (C=O) groups excluding carboxylic acids is 4. The van der Waals surface area contributed by atoms with Crippen molar-refractivity contribution in [2.45, 2.75) is 56.5 Å². The molecule has 0 aromatic carbocycles. The number of carboxylic acids is 1. The first-order valence-corrected chi connectivity index (χ1v) is 10.8. The molecule has 0 aliphatic heterocycles. The van der Waals surface area contributed by atoms with Crippen molar-refractivity contribution in [2.75, 3.05) is 18.6 Å². The Balaban J connectivity index is 5.38. The summed E-state index contributed by atoms with van der Waals surface area (Å²) in [5.74, 6) is -4.33. The second kappa shape index (κ2) is 14.6. The first kappa shape index (κ1) is 28.6. The molecule has 14 heteroatoms. The van der Waals surface area contributed by atoms with Crippen LogP contribution < -0.4 is 27.4 Å². The van der Waals surface area contributed by atoms with Crippen LogP contribution in [-0.4, -0.2) is 93.8 Å². The summed E-state index contributed by atoms with van der Waals surface area (Å²) in [5, 5.41) is 34.9. The zero-order valence-corrected chi connectivity index (χ0v) is 18.2. The number of aliphatic hydroxyl groups excluding tert-OH is 2. The second-order valence-electron chi connectivity index (χ2n) is 6.76. The third kappa shape index (κ3) is 11.0. The molecule has 31 heavy (non-hydrogen) atoms. The highest BCUT2D eigenvalue weighted by Gasteiger charge is 2.32. The van der Waals surface area contributed by atoms with Crippen LogP contribution >= 0.6 is 11.8 Å². The number of hydrogen-bond acceptors (Lipinski definition) is 9. The SMILES string of the molecule is CSCCC(NC(=O)C(NC(=O)C(CCC(N)=O)NC(=O)C(N)CO)C(C)O)C(=O)O. The lowest BCUT2D eigenvalue weighted by molar-refractivity contribution is -0.143. The number of nitrogens with two attached hydrogens (primary N) is 2. The molecule has 10 N–H and O–H groups in total. The minimum absolute atomic E-state index is 0.124. The number of amides is 4. The van der Waals surface area contributed by atoms with Crippen LogP contribution in [-0.2, 0) is 24.0 Å². The van der Waals surface area contributed by atoms with E-state index in [-0.39, 0.29) is 19.3 Å². The van der Waals surface area contributed by atoms with Crippen LogP contribution in [0.5, 0.6) is 0 Å². The van der Waals surface area contributed by atoms with E-state index < -0.39 is 66.5 Å². The smallest absolute Gasteiger partial charge is 0.326 e. The third-order valence-electron chi connectivity index (χ3n) is 4.13. The number of aliphatic carboxylic acids is 1. The van der Waals surface area contributed by atoms with E-state index in [0.29, 0.717) is 5.75 Å². The molecule has 0 rings (SSSR count). The van der Waals surface area contributed by atoms with Crippen LogP contribution in [0.3, 0.4) is 0 Å². The Morgan fingerprint density at radius 1 is 0.968 bits per heavy atom. The normalized spacial score (nSPS) is 15.6. The quantitative estimate of drug-likeness (QED) is 0.118. The predicted octanol–water partition coefficient (Wildman–Crippen LogP) is -3.76. The van der Waals surface area contributed by atoms with Crippen molar-refractivity contribution in [3.63, 3.8) is 0 Å². The molecule has 4 amide bonds. The number of aliphatic hydroxyl groups is 2. The minimum Gasteiger partial charge on any atom is -0.480 e. The van der Waals surface area contributed by atoms with Crippen LogP contribution in [0.4, 0.5) is 0 Å². The monoisotopic (exact) mass is 465 g/mol. The first-order chi connectivity index (χ1) is 14.4. The Labute approximate surface area is 183 Å². The maximum Gasteiger partial charge on any atom is 0.326 e. The van der Waals surface area contributed by atoms with E-state index in [4.69, 9.17) is 16.6 Å². The van der Waals surface area contributed by atoms with E-state index in [2.05, 4.69) is 16.0 Å². The van der Waals surface area contributed by atoms with Crippen LogP contribution in [0, 0.1) is 0 Å². The van der Waals surface area contributed by atoms with Gasteiger partial charge in [0, 0.05) is 6.42 Å². The number of primary amides is 1. The van der Waals surface area contributed by atoms with Gasteiger partial charge in [-0.1, -0.05) is 0 Å². The molecule has 178 valence electrons. The summed E-state index contributed by atoms with van der Waals surface area (Å²) in [6, 6.07) is -5.44. The molecule has 0 aliphatic rings. The zero-order valence-electron chi connectivity index (χ0n) is 17.4. The van der Waals surface area contributed by atoms with Crippen LogP contribution in [0.1, 0.15) is 26.2 Å². The number of carbonyl (C=O) groups is 5. The van der Waals surface area contributed by atoms with Crippen molar-refractivity contribution in [1.82, 2.24) is 16.0 Å². The average molecular weight is 466 g/mol. The van der Waals surface area contributed by atoms with Crippen molar-refractivity contribution in [3.05, 3.63) is 0 Å². The van der Waals surface area contributed by atoms with Crippen LogP contribution in [0.15, 0.2) is 0 Å². The fourth-order valence-corrected chi connectivity index (χ4v) is 2.80. The van der Waals surface area contributed by atoms with Crippen molar-refractivity contribution in [1.29, 1.82) is 0 Å². The van der Waals surface area contributed by atoms with Crippen LogP contribution in [0.25, 0.3) is 0 Å². The van der Waals surface area contributed by atoms with Gasteiger partial charge in [-0.05, 0) is 31.8 Å². The van der Waals surface area contributed by atoms with Gasteiger partial charge in [0.1, 0.15) is 24.2 Å². The van der Waals surface area contributed by atoms with Crippen molar-refractivity contribution >= 4 is 41.4 Å². The van der Waals surface area contributed by atoms with E-state index in [1.165, 1.54) is 18.7 Å². The van der Waals surface area contributed by atoms with E-state index in [0.717, 1.165) is 0 Å². The highest BCUT2D eigenvalue weighted by Crippen LogP contribution is 2.05. The molecule has 5 unspecified atom stereocenters. The Bertz CT molecular complexity index is 648. The van der Waals surface area contributed by atoms with Crippen molar-refractivity contribution < 1.29 is 39.3 Å². The van der Waals surface area contributed by atoms with Gasteiger partial charge in [-0.15, -0.1) is 0 Å². The fourth-order valence-electron chi connectivity index (χ4n) is 2.33. The molecule has 0 fully saturated rings. The number of nitrogens with one attached hydrogen (secondary N) is 3. The highest BCUT2D eigenvalue weighted by atomic mass is 32.2. The minimum atomic E-state index is -1.54. The molecule has 0 spiro atoms. The summed E-state index contributed by atoms with van der Waals surface area (Å²) >= 11 is 1.38. The summed E-state index contributed by atoms with van der Waals surface area (Å²) < 4.78 is 0. The van der Waals surface area contributed by atoms with Gasteiger partial charge >= 0.3 is 5.97 Å². The fraction of sp³-hybridized carbons (Fsp3) is 0.706. The summed E-state index contributed by atoms with van der Waals surface area (Å²) in [7, 11) is 0. The van der Waals surface area contributed by atoms with Gasteiger partial charge in [0.2, 0.25) is 23.6 Å². The molecular formula is C17H31N5O8S. The van der Waals surface area contributed by atoms with E-state index in [9.17, 15) is 34.2 Å². The van der Waals surface area contributed by atoms with Crippen molar-refractivity contribution in [3.8, 4) is 0 Å². The van der Waals surface area contributed by atoms with Gasteiger partial charge in [0.25, 0.3) is 0 Å². The first-order valence-electron chi connectivity index (χ1n) is 9.40. The molecule has 0 bridgehead atoms. The van der Waals surface area contributed by atoms with Gasteiger partial charge in [0.15, 0.2) is 0 Å². The van der Waals surface area contributed by atoms with Gasteiger partial charge in [-0.3, -0.25) is 19.2 Å². The van der Waals surface area contributed by atoms with E-state index in [1.54, 1.807) is 6.26 Å². The molecule has 0 saturated heterocycles. The van der Waals surface area contributed by atoms with Crippen molar-refractivity contribution in [2.24, 2.45) is 11.5 Å². The second-order valence-corrected chi connectivity index (χ2v) is 7.75. The Hall–Kier alpha value is -2.42. The molecule has 0 aliphatic carbocycles. The molecular weight excluding hydrogens is 434 g/mol. The number of hydrogen-bond donors (Lipinski definition) is 8. The lowest BCUT2D eigenvalue weighted by Gasteiger charge is -2.26. The Kier molecular flexibility index (Phi) is 13.4. The predicted molar refractivity (Wildman–Crippen MR) is 112 cm³/mol. The topological polar surface area (TPSA) is 234 Å². The molecule has 5 atom stereocenters. The zero-order chi connectivity index (χ0) is 24.1. The average Bonchev–Trinajstić information content (AvgIpc) is 2.70. The Morgan fingerprint density at radius 2 is 1.55 bits per heavy atom. The number of thioether (sulfide) groups is 1. The summed E-state index contributed by atoms with van der Waals surface area (Å²) in [6.45, 7) is 0.516. The lowest BCUT2D eigenvalue weighted by atomic mass is 10.1. The van der Waals surface area contributed by atoms with Crippen LogP contribution in [0.2, 0.25) is 0 Å². The summed E-state index contributed by atoms with van der Waals surface area (Å²) in [5.41, 5.74) is 10.5. The number of carboxylic acid groups (broad SMARTS) is 1. The molecule has 0 saturated carbocycles. The molecule has 0 aromatic rings. The summed E-state index contributed by atoms with van der Waals surface area (Å²) in [6.07, 6.45) is -0.0354. The maximum atomic E-state index is 12.6. The highest BCUT2D eigenvalue weighted by molar-refractivity contribution is 7.98. The summed E-state index contributed by atoms with van der Waals surface area (Å²) in [4.78, 5) is 59.4. The lowest BCUT2D eigenvalue weighted by Crippen LogP contribution is -2.60. The van der Waals surface area contributed by atoms with Gasteiger partial charge in [-0.2, -0.15) is 11.8 Å². The standard InChI is InChI=1S/C17H31N5O8S/c1-8(24)13(16(28)21-11(17(29)30)5-6-31-2)22-15(27)10(3-4-12(19)25)20-14(26)9(18)7-23/h8-11,13,23-24H,3-7,18H2,1-2H3,(H2,19,25)(H,20,26)(H,21,28)(H,22,27)(H,29,30). The Morgan fingerprint density at radius 3 is 2.00 bits per heavy atom. The third-order valence-corrected chi connectivity index (χ3v) is 4.78. The van der Waals surface area contributed by atoms with Gasteiger partial charge < -0.3 is 42.7 Å². The molecule has 0 heterocycles. The molecule has 0 radical (unpaired) electrons. The van der Waals surface area contributed by atoms with E-state index >= 15 is 0 Å². The largest absolute Gasteiger partial charge is 0.480 e. The molecule has 13 nitrogen and oxygen atoms in total.